The Bertz CT molecular complexity index is 525. The lowest BCUT2D eigenvalue weighted by Crippen LogP contribution is -2.21. The number of anilines is 1. The molecular weight excluding hydrogens is 325 g/mol. The van der Waals surface area contributed by atoms with E-state index < -0.39 is 6.72 Å². The second-order valence-corrected chi connectivity index (χ2v) is 8.88. The molecule has 0 fully saturated rings. The number of nitrogens with zero attached hydrogens (tertiary/aromatic N) is 1. The van der Waals surface area contributed by atoms with Crippen LogP contribution in [0, 0.1) is 0 Å². The van der Waals surface area contributed by atoms with E-state index in [1.807, 2.05) is 13.8 Å². The van der Waals surface area contributed by atoms with Crippen LogP contribution in [0.25, 0.3) is 0 Å². The first-order valence-corrected chi connectivity index (χ1v) is 10.1. The van der Waals surface area contributed by atoms with E-state index in [9.17, 15) is 9.36 Å². The molecule has 0 spiro atoms. The number of rotatable bonds is 9. The van der Waals surface area contributed by atoms with Gasteiger partial charge in [-0.15, -0.1) is 0 Å². The molecule has 0 aliphatic rings. The lowest BCUT2D eigenvalue weighted by Gasteiger charge is -2.20. The van der Waals surface area contributed by atoms with Gasteiger partial charge in [0.2, 0.25) is 11.8 Å². The molecule has 1 aromatic rings. The van der Waals surface area contributed by atoms with Gasteiger partial charge in [0.05, 0.1) is 31.4 Å². The Balaban J connectivity index is 2.54. The summed E-state index contributed by atoms with van der Waals surface area (Å²) < 4.78 is 22.7. The monoisotopic (exact) mass is 347 g/mol. The average molecular weight is 347 g/mol. The molecule has 0 aliphatic carbocycles. The maximum Gasteiger partial charge on any atom is 0.327 e. The van der Waals surface area contributed by atoms with Crippen molar-refractivity contribution in [1.29, 1.82) is 0 Å². The number of methoxy groups -OCH3 is 1. The van der Waals surface area contributed by atoms with Crippen LogP contribution >= 0.6 is 18.1 Å². The van der Waals surface area contributed by atoms with E-state index in [4.69, 9.17) is 9.26 Å². The number of hydrogen-bond acceptors (Lipinski definition) is 6. The van der Waals surface area contributed by atoms with Crippen LogP contribution in [-0.4, -0.2) is 36.4 Å². The van der Waals surface area contributed by atoms with Crippen LogP contribution in [0.15, 0.2) is 18.3 Å². The Morgan fingerprint density at radius 2 is 2.18 bits per heavy atom. The number of ether oxygens (including phenoxy) is 1. The molecule has 9 heteroatoms. The fourth-order valence-electron chi connectivity index (χ4n) is 1.51. The highest BCUT2D eigenvalue weighted by molar-refractivity contribution is 8.56. The first-order chi connectivity index (χ1) is 10.4. The van der Waals surface area contributed by atoms with Crippen molar-refractivity contribution in [3.63, 3.8) is 0 Å². The normalized spacial score (nSPS) is 13.7. The van der Waals surface area contributed by atoms with Gasteiger partial charge < -0.3 is 14.6 Å². The predicted octanol–water partition coefficient (Wildman–Crippen LogP) is 2.90. The summed E-state index contributed by atoms with van der Waals surface area (Å²) in [5, 5.41) is 5.56. The molecule has 1 amide bonds. The quantitative estimate of drug-likeness (QED) is 0.664. The molecule has 0 saturated carbocycles. The fourth-order valence-corrected chi connectivity index (χ4v) is 5.33. The van der Waals surface area contributed by atoms with Crippen LogP contribution < -0.4 is 15.1 Å². The third-order valence-corrected chi connectivity index (χ3v) is 6.51. The molecule has 1 atom stereocenters. The third kappa shape index (κ3) is 6.79. The molecule has 0 aliphatic heterocycles. The standard InChI is InChI=1S/C13H22N3O4PS/c1-5-20-21(18,16-10(2)3)22-9-12(17)15-11-6-7-13(19-4)14-8-11/h6-8,10H,5,9H2,1-4H3,(H,15,17)(H,16,18). The minimum Gasteiger partial charge on any atom is -0.481 e. The Kier molecular flexibility index (Phi) is 7.89. The number of carbonyl (C=O) groups excluding carboxylic acids is 1. The molecular formula is C13H22N3O4PS. The Morgan fingerprint density at radius 1 is 1.45 bits per heavy atom. The molecule has 2 N–H and O–H groups in total. The summed E-state index contributed by atoms with van der Waals surface area (Å²) in [5.41, 5.74) is 0.550. The number of carbonyl (C=O) groups is 1. The summed E-state index contributed by atoms with van der Waals surface area (Å²) >= 11 is 0.977. The fraction of sp³-hybridized carbons (Fsp3) is 0.538. The molecule has 0 saturated heterocycles. The molecule has 0 radical (unpaired) electrons. The van der Waals surface area contributed by atoms with E-state index in [2.05, 4.69) is 15.4 Å². The summed E-state index contributed by atoms with van der Waals surface area (Å²) in [5.74, 6) is 0.208. The van der Waals surface area contributed by atoms with Crippen molar-refractivity contribution < 1.29 is 18.6 Å². The summed E-state index contributed by atoms with van der Waals surface area (Å²) in [6.07, 6.45) is 1.50. The molecule has 1 rings (SSSR count). The van der Waals surface area contributed by atoms with Gasteiger partial charge in [-0.2, -0.15) is 0 Å². The van der Waals surface area contributed by atoms with E-state index in [-0.39, 0.29) is 17.7 Å². The first-order valence-electron chi connectivity index (χ1n) is 6.85. The predicted molar refractivity (Wildman–Crippen MR) is 89.4 cm³/mol. The van der Waals surface area contributed by atoms with E-state index in [1.54, 1.807) is 19.1 Å². The second kappa shape index (κ2) is 9.15. The Morgan fingerprint density at radius 3 is 2.68 bits per heavy atom. The highest BCUT2D eigenvalue weighted by atomic mass is 32.7. The zero-order valence-corrected chi connectivity index (χ0v) is 14.9. The Hall–Kier alpha value is -1.08. The largest absolute Gasteiger partial charge is 0.481 e. The Labute approximate surface area is 134 Å². The van der Waals surface area contributed by atoms with Crippen LogP contribution in [0.4, 0.5) is 5.69 Å². The van der Waals surface area contributed by atoms with Crippen molar-refractivity contribution in [3.05, 3.63) is 18.3 Å². The van der Waals surface area contributed by atoms with Gasteiger partial charge >= 0.3 is 6.72 Å². The number of amides is 1. The van der Waals surface area contributed by atoms with Gasteiger partial charge in [-0.3, -0.25) is 9.36 Å². The van der Waals surface area contributed by atoms with E-state index in [0.717, 1.165) is 11.4 Å². The minimum atomic E-state index is -3.08. The van der Waals surface area contributed by atoms with Crippen molar-refractivity contribution in [2.45, 2.75) is 26.8 Å². The highest BCUT2D eigenvalue weighted by Gasteiger charge is 2.25. The van der Waals surface area contributed by atoms with Gasteiger partial charge in [0.25, 0.3) is 0 Å². The molecule has 1 heterocycles. The molecule has 7 nitrogen and oxygen atoms in total. The van der Waals surface area contributed by atoms with Crippen molar-refractivity contribution >= 4 is 29.7 Å². The van der Waals surface area contributed by atoms with Crippen molar-refractivity contribution in [1.82, 2.24) is 10.1 Å². The number of hydrogen-bond donors (Lipinski definition) is 2. The first kappa shape index (κ1) is 19.0. The summed E-state index contributed by atoms with van der Waals surface area (Å²) in [6.45, 7) is 2.74. The van der Waals surface area contributed by atoms with Gasteiger partial charge in [-0.1, -0.05) is 0 Å². The van der Waals surface area contributed by atoms with Crippen LogP contribution in [-0.2, 0) is 13.9 Å². The van der Waals surface area contributed by atoms with Gasteiger partial charge in [0.15, 0.2) is 0 Å². The van der Waals surface area contributed by atoms with Crippen molar-refractivity contribution in [2.75, 3.05) is 24.8 Å². The number of nitrogens with one attached hydrogen (secondary N) is 2. The van der Waals surface area contributed by atoms with Gasteiger partial charge in [-0.25, -0.2) is 10.1 Å². The maximum atomic E-state index is 12.5. The molecule has 0 bridgehead atoms. The number of pyridine rings is 1. The molecule has 22 heavy (non-hydrogen) atoms. The van der Waals surface area contributed by atoms with E-state index in [1.165, 1.54) is 13.3 Å². The minimum absolute atomic E-state index is 0.00117. The SMILES string of the molecule is CCOP(=O)(NC(C)C)SCC(=O)Nc1ccc(OC)nc1. The van der Waals surface area contributed by atoms with Gasteiger partial charge in [-0.05, 0) is 38.2 Å². The lowest BCUT2D eigenvalue weighted by atomic mass is 10.4. The van der Waals surface area contributed by atoms with Crippen LogP contribution in [0.1, 0.15) is 20.8 Å². The highest BCUT2D eigenvalue weighted by Crippen LogP contribution is 2.56. The average Bonchev–Trinajstić information content (AvgIpc) is 2.45. The molecule has 0 aromatic carbocycles. The van der Waals surface area contributed by atoms with E-state index >= 15 is 0 Å². The zero-order chi connectivity index (χ0) is 16.6. The van der Waals surface area contributed by atoms with Crippen molar-refractivity contribution in [2.24, 2.45) is 0 Å². The van der Waals surface area contributed by atoms with E-state index in [0.29, 0.717) is 18.2 Å². The van der Waals surface area contributed by atoms with Crippen LogP contribution in [0.3, 0.4) is 0 Å². The summed E-state index contributed by atoms with van der Waals surface area (Å²) in [6, 6.07) is 3.33. The van der Waals surface area contributed by atoms with Crippen molar-refractivity contribution in [3.8, 4) is 5.88 Å². The number of aromatic nitrogens is 1. The van der Waals surface area contributed by atoms with Gasteiger partial charge in [0.1, 0.15) is 0 Å². The molecule has 1 aromatic heterocycles. The maximum absolute atomic E-state index is 12.5. The van der Waals surface area contributed by atoms with Crippen LogP contribution in [0.5, 0.6) is 5.88 Å². The zero-order valence-electron chi connectivity index (χ0n) is 13.2. The lowest BCUT2D eigenvalue weighted by molar-refractivity contribution is -0.113. The third-order valence-electron chi connectivity index (χ3n) is 2.31. The molecule has 124 valence electrons. The summed E-state index contributed by atoms with van der Waals surface area (Å²) in [4.78, 5) is 15.9. The summed E-state index contributed by atoms with van der Waals surface area (Å²) in [7, 11) is 1.52. The van der Waals surface area contributed by atoms with Crippen LogP contribution in [0.2, 0.25) is 0 Å². The second-order valence-electron chi connectivity index (χ2n) is 4.61. The molecule has 1 unspecified atom stereocenters. The van der Waals surface area contributed by atoms with Gasteiger partial charge in [0, 0.05) is 12.1 Å². The smallest absolute Gasteiger partial charge is 0.327 e. The topological polar surface area (TPSA) is 89.5 Å².